The highest BCUT2D eigenvalue weighted by Crippen LogP contribution is 2.36. The molecule has 0 aliphatic carbocycles. The molecule has 2 heterocycles. The molecular weight excluding hydrogens is 481 g/mol. The summed E-state index contributed by atoms with van der Waals surface area (Å²) < 4.78 is 40.6. The molecule has 0 unspecified atom stereocenters. The van der Waals surface area contributed by atoms with Gasteiger partial charge in [0.15, 0.2) is 11.0 Å². The molecule has 33 heavy (non-hydrogen) atoms. The number of nitrogens with zero attached hydrogens (tertiary/aromatic N) is 5. The SMILES string of the molecule is CN(CC(=O)Nc1ccc(Cl)c(C(F)(F)F)c1)C(=O)CSc1nnc(-c2cccnc2)n1C. The van der Waals surface area contributed by atoms with Crippen molar-refractivity contribution in [2.75, 3.05) is 24.7 Å². The van der Waals surface area contributed by atoms with Crippen LogP contribution in [0, 0.1) is 0 Å². The van der Waals surface area contributed by atoms with E-state index in [0.29, 0.717) is 11.0 Å². The molecule has 0 saturated carbocycles. The third kappa shape index (κ3) is 6.23. The summed E-state index contributed by atoms with van der Waals surface area (Å²) in [6, 6.07) is 6.65. The van der Waals surface area contributed by atoms with Crippen molar-refractivity contribution in [1.29, 1.82) is 0 Å². The van der Waals surface area contributed by atoms with E-state index in [1.807, 2.05) is 6.07 Å². The molecule has 3 aromatic rings. The number of pyridine rings is 1. The molecule has 1 aromatic carbocycles. The van der Waals surface area contributed by atoms with Crippen molar-refractivity contribution in [3.63, 3.8) is 0 Å². The molecule has 0 spiro atoms. The van der Waals surface area contributed by atoms with E-state index in [2.05, 4.69) is 20.5 Å². The molecule has 2 amide bonds. The highest BCUT2D eigenvalue weighted by molar-refractivity contribution is 7.99. The number of hydrogen-bond acceptors (Lipinski definition) is 6. The van der Waals surface area contributed by atoms with Gasteiger partial charge in [0.25, 0.3) is 0 Å². The summed E-state index contributed by atoms with van der Waals surface area (Å²) in [5.41, 5.74) is -0.360. The van der Waals surface area contributed by atoms with Gasteiger partial charge in [-0.3, -0.25) is 14.6 Å². The molecule has 174 valence electrons. The maximum Gasteiger partial charge on any atom is 0.417 e. The fraction of sp³-hybridized carbons (Fsp3) is 0.250. The number of anilines is 1. The molecule has 0 aliphatic heterocycles. The number of alkyl halides is 3. The van der Waals surface area contributed by atoms with Crippen LogP contribution < -0.4 is 5.32 Å². The van der Waals surface area contributed by atoms with Crippen molar-refractivity contribution in [3.8, 4) is 11.4 Å². The minimum atomic E-state index is -4.65. The maximum atomic E-state index is 13.0. The van der Waals surface area contributed by atoms with Gasteiger partial charge in [-0.2, -0.15) is 13.2 Å². The van der Waals surface area contributed by atoms with Crippen molar-refractivity contribution in [2.24, 2.45) is 7.05 Å². The normalized spacial score (nSPS) is 11.3. The lowest BCUT2D eigenvalue weighted by Crippen LogP contribution is -2.36. The number of thioether (sulfide) groups is 1. The van der Waals surface area contributed by atoms with Crippen LogP contribution in [0.3, 0.4) is 0 Å². The van der Waals surface area contributed by atoms with Crippen LogP contribution >= 0.6 is 23.4 Å². The smallest absolute Gasteiger partial charge is 0.336 e. The zero-order chi connectivity index (χ0) is 24.2. The molecule has 0 atom stereocenters. The first kappa shape index (κ1) is 24.5. The molecule has 0 aliphatic rings. The Morgan fingerprint density at radius 2 is 2.00 bits per heavy atom. The van der Waals surface area contributed by atoms with Crippen LogP contribution in [0.15, 0.2) is 47.9 Å². The zero-order valence-corrected chi connectivity index (χ0v) is 19.0. The summed E-state index contributed by atoms with van der Waals surface area (Å²) in [7, 11) is 3.18. The molecule has 2 aromatic heterocycles. The van der Waals surface area contributed by atoms with Gasteiger partial charge < -0.3 is 14.8 Å². The van der Waals surface area contributed by atoms with Crippen LogP contribution in [0.1, 0.15) is 5.56 Å². The first-order valence-corrected chi connectivity index (χ1v) is 10.8. The Morgan fingerprint density at radius 1 is 1.24 bits per heavy atom. The predicted octanol–water partition coefficient (Wildman–Crippen LogP) is 3.74. The van der Waals surface area contributed by atoms with Gasteiger partial charge in [-0.15, -0.1) is 10.2 Å². The van der Waals surface area contributed by atoms with Crippen LogP contribution in [0.25, 0.3) is 11.4 Å². The Morgan fingerprint density at radius 3 is 2.67 bits per heavy atom. The molecule has 0 fully saturated rings. The number of nitrogens with one attached hydrogen (secondary N) is 1. The number of aromatic nitrogens is 4. The fourth-order valence-corrected chi connectivity index (χ4v) is 3.82. The summed E-state index contributed by atoms with van der Waals surface area (Å²) in [6.07, 6.45) is -1.37. The average Bonchev–Trinajstić information content (AvgIpc) is 3.13. The quantitative estimate of drug-likeness (QED) is 0.499. The predicted molar refractivity (Wildman–Crippen MR) is 118 cm³/mol. The van der Waals surface area contributed by atoms with Crippen LogP contribution in [-0.4, -0.2) is 55.8 Å². The van der Waals surface area contributed by atoms with Crippen molar-refractivity contribution in [3.05, 3.63) is 53.3 Å². The Balaban J connectivity index is 1.55. The van der Waals surface area contributed by atoms with Gasteiger partial charge in [-0.05, 0) is 30.3 Å². The molecule has 1 N–H and O–H groups in total. The monoisotopic (exact) mass is 498 g/mol. The molecule has 3 rings (SSSR count). The Hall–Kier alpha value is -3.12. The molecule has 0 radical (unpaired) electrons. The van der Waals surface area contributed by atoms with Gasteiger partial charge >= 0.3 is 6.18 Å². The summed E-state index contributed by atoms with van der Waals surface area (Å²) in [5.74, 6) is -0.439. The van der Waals surface area contributed by atoms with Gasteiger partial charge in [-0.1, -0.05) is 23.4 Å². The number of rotatable bonds is 7. The Labute approximate surface area is 196 Å². The van der Waals surface area contributed by atoms with E-state index < -0.39 is 22.7 Å². The molecule has 8 nitrogen and oxygen atoms in total. The number of benzene rings is 1. The van der Waals surface area contributed by atoms with Crippen LogP contribution in [0.5, 0.6) is 0 Å². The van der Waals surface area contributed by atoms with E-state index in [0.717, 1.165) is 29.5 Å². The highest BCUT2D eigenvalue weighted by Gasteiger charge is 2.33. The summed E-state index contributed by atoms with van der Waals surface area (Å²) in [4.78, 5) is 29.8. The minimum absolute atomic E-state index is 0.0119. The first-order valence-electron chi connectivity index (χ1n) is 9.39. The second-order valence-corrected chi connectivity index (χ2v) is 8.24. The topological polar surface area (TPSA) is 93.0 Å². The number of carbonyl (C=O) groups is 2. The number of hydrogen-bond donors (Lipinski definition) is 1. The van der Waals surface area contributed by atoms with Crippen molar-refractivity contribution >= 4 is 40.9 Å². The number of carbonyl (C=O) groups excluding carboxylic acids is 2. The van der Waals surface area contributed by atoms with Crippen molar-refractivity contribution < 1.29 is 22.8 Å². The van der Waals surface area contributed by atoms with Crippen molar-refractivity contribution in [1.82, 2.24) is 24.6 Å². The van der Waals surface area contributed by atoms with Gasteiger partial charge in [0.2, 0.25) is 11.8 Å². The van der Waals surface area contributed by atoms with Crippen LogP contribution in [-0.2, 0) is 22.8 Å². The largest absolute Gasteiger partial charge is 0.417 e. The van der Waals surface area contributed by atoms with E-state index in [1.165, 1.54) is 18.0 Å². The highest BCUT2D eigenvalue weighted by atomic mass is 35.5. The second kappa shape index (κ2) is 10.2. The lowest BCUT2D eigenvalue weighted by molar-refractivity contribution is -0.137. The van der Waals surface area contributed by atoms with Gasteiger partial charge in [0.1, 0.15) is 0 Å². The molecular formula is C20H18ClF3N6O2S. The summed E-state index contributed by atoms with van der Waals surface area (Å²) in [6.45, 7) is -0.344. The van der Waals surface area contributed by atoms with E-state index >= 15 is 0 Å². The lowest BCUT2D eigenvalue weighted by atomic mass is 10.2. The molecule has 13 heteroatoms. The molecule has 0 saturated heterocycles. The average molecular weight is 499 g/mol. The lowest BCUT2D eigenvalue weighted by Gasteiger charge is -2.17. The van der Waals surface area contributed by atoms with E-state index in [1.54, 1.807) is 30.1 Å². The first-order chi connectivity index (χ1) is 15.6. The number of amides is 2. The van der Waals surface area contributed by atoms with Gasteiger partial charge in [0.05, 0.1) is 22.9 Å². The Bertz CT molecular complexity index is 1160. The summed E-state index contributed by atoms with van der Waals surface area (Å²) in [5, 5.41) is 10.5. The third-order valence-corrected chi connectivity index (χ3v) is 5.78. The second-order valence-electron chi connectivity index (χ2n) is 6.89. The van der Waals surface area contributed by atoms with E-state index in [4.69, 9.17) is 11.6 Å². The van der Waals surface area contributed by atoms with E-state index in [9.17, 15) is 22.8 Å². The fourth-order valence-electron chi connectivity index (χ4n) is 2.75. The van der Waals surface area contributed by atoms with Crippen LogP contribution in [0.4, 0.5) is 18.9 Å². The van der Waals surface area contributed by atoms with Crippen LogP contribution in [0.2, 0.25) is 5.02 Å². The number of halogens is 4. The standard InChI is InChI=1S/C20H18ClF3N6O2S/c1-29(10-16(31)26-13-5-6-15(21)14(8-13)20(22,23)24)17(32)11-33-19-28-27-18(30(19)2)12-4-3-7-25-9-12/h3-9H,10-11H2,1-2H3,(H,26,31). The van der Waals surface area contributed by atoms with Gasteiger partial charge in [0, 0.05) is 37.7 Å². The van der Waals surface area contributed by atoms with Crippen molar-refractivity contribution in [2.45, 2.75) is 11.3 Å². The zero-order valence-electron chi connectivity index (χ0n) is 17.4. The van der Waals surface area contributed by atoms with E-state index in [-0.39, 0.29) is 23.9 Å². The number of likely N-dealkylation sites (N-methyl/N-ethyl adjacent to an activating group) is 1. The molecule has 0 bridgehead atoms. The Kier molecular flexibility index (Phi) is 7.59. The summed E-state index contributed by atoms with van der Waals surface area (Å²) >= 11 is 6.72. The maximum absolute atomic E-state index is 13.0. The minimum Gasteiger partial charge on any atom is -0.336 e. The third-order valence-electron chi connectivity index (χ3n) is 4.44. The van der Waals surface area contributed by atoms with Gasteiger partial charge in [-0.25, -0.2) is 0 Å².